The summed E-state index contributed by atoms with van der Waals surface area (Å²) in [5, 5.41) is 38.5. The minimum atomic E-state index is -1.08. The molecule has 0 heterocycles. The smallest absolute Gasteiger partial charge is 0.550 e. The molecule has 2 rings (SSSR count). The van der Waals surface area contributed by atoms with E-state index in [9.17, 15) is 10.2 Å². The van der Waals surface area contributed by atoms with Gasteiger partial charge in [-0.1, -0.05) is 53.7 Å². The predicted octanol–water partition coefficient (Wildman–Crippen LogP) is 3.90. The third kappa shape index (κ3) is 18.2. The van der Waals surface area contributed by atoms with Gasteiger partial charge >= 0.3 is 16.8 Å². The van der Waals surface area contributed by atoms with Crippen LogP contribution in [0.1, 0.15) is 88.8 Å². The van der Waals surface area contributed by atoms with E-state index in [2.05, 4.69) is 51.5 Å². The van der Waals surface area contributed by atoms with Crippen molar-refractivity contribution in [2.75, 3.05) is 6.67 Å². The summed E-state index contributed by atoms with van der Waals surface area (Å²) in [6.07, 6.45) is 5.20. The van der Waals surface area contributed by atoms with Gasteiger partial charge in [-0.15, -0.1) is 0 Å². The zero-order valence-electron chi connectivity index (χ0n) is 25.3. The number of carboxylic acid groups (broad SMARTS) is 2. The maximum atomic E-state index is 10.4. The summed E-state index contributed by atoms with van der Waals surface area (Å²) in [5.74, 6) is -1.65. The molecular formula is C31H44CoN2O6. The van der Waals surface area contributed by atoms with E-state index in [0.717, 1.165) is 37.8 Å². The molecule has 2 N–H and O–H groups in total. The number of aromatic hydroxyl groups is 2. The van der Waals surface area contributed by atoms with Gasteiger partial charge in [0.25, 0.3) is 0 Å². The number of hydrogen-bond donors (Lipinski definition) is 2. The van der Waals surface area contributed by atoms with E-state index >= 15 is 0 Å². The van der Waals surface area contributed by atoms with Crippen molar-refractivity contribution in [2.24, 2.45) is 20.8 Å². The van der Waals surface area contributed by atoms with E-state index in [4.69, 9.17) is 19.8 Å². The molecule has 0 aromatic heterocycles. The average Bonchev–Trinajstić information content (AvgIpc) is 2.71. The van der Waals surface area contributed by atoms with Crippen LogP contribution in [0.2, 0.25) is 0 Å². The van der Waals surface area contributed by atoms with Crippen molar-refractivity contribution in [1.29, 1.82) is 0 Å². The van der Waals surface area contributed by atoms with Crippen LogP contribution in [0.25, 0.3) is 0 Å². The van der Waals surface area contributed by atoms with Crippen molar-refractivity contribution >= 4 is 24.4 Å². The summed E-state index contributed by atoms with van der Waals surface area (Å²) in [7, 11) is 0. The third-order valence-corrected chi connectivity index (χ3v) is 4.87. The van der Waals surface area contributed by atoms with E-state index in [1.165, 1.54) is 11.1 Å². The molecule has 0 unspecified atom stereocenters. The van der Waals surface area contributed by atoms with Gasteiger partial charge in [-0.05, 0) is 85.8 Å². The third-order valence-electron chi connectivity index (χ3n) is 4.87. The first-order chi connectivity index (χ1) is 17.7. The number of hydrogen-bond acceptors (Lipinski definition) is 8. The number of carboxylic acids is 2. The van der Waals surface area contributed by atoms with Crippen molar-refractivity contribution in [1.82, 2.24) is 0 Å². The van der Waals surface area contributed by atoms with Gasteiger partial charge in [0, 0.05) is 35.5 Å². The first kappa shape index (κ1) is 39.0. The van der Waals surface area contributed by atoms with Crippen molar-refractivity contribution in [3.63, 3.8) is 0 Å². The predicted molar refractivity (Wildman–Crippen MR) is 153 cm³/mol. The molecule has 2 aromatic carbocycles. The molecule has 0 amide bonds. The van der Waals surface area contributed by atoms with Crippen molar-refractivity contribution in [2.45, 2.75) is 82.1 Å². The number of aliphatic imine (C=N–C) groups is 2. The average molecular weight is 600 g/mol. The number of aliphatic carboxylic acids is 2. The zero-order valence-corrected chi connectivity index (χ0v) is 26.4. The number of rotatable bonds is 6. The van der Waals surface area contributed by atoms with Gasteiger partial charge < -0.3 is 30.0 Å². The maximum absolute atomic E-state index is 10.4. The number of benzene rings is 2. The molecule has 0 atom stereocenters. The second-order valence-electron chi connectivity index (χ2n) is 11.9. The SMILES string of the molecule is CC(=O)[O-].CC(=O)[O-].Cc1cc(CC(C)(C)C)cc(C=NCN=Cc2cc(CC(C)(C)C)cc(C)c2O)c1O.[Co+2]. The Kier molecular flexibility index (Phi) is 17.1. The van der Waals surface area contributed by atoms with Crippen LogP contribution in [0.5, 0.6) is 11.5 Å². The van der Waals surface area contributed by atoms with Crippen LogP contribution in [0, 0.1) is 24.7 Å². The number of phenols is 2. The van der Waals surface area contributed by atoms with Gasteiger partial charge in [-0.25, -0.2) is 0 Å². The molecule has 0 fully saturated rings. The first-order valence-electron chi connectivity index (χ1n) is 12.7. The molecule has 9 heteroatoms. The number of carbonyl (C=O) groups is 2. The van der Waals surface area contributed by atoms with Gasteiger partial charge in [-0.3, -0.25) is 9.98 Å². The van der Waals surface area contributed by atoms with E-state index in [1.807, 2.05) is 38.1 Å². The molecule has 1 radical (unpaired) electrons. The number of nitrogens with zero attached hydrogens (tertiary/aromatic N) is 2. The number of phenolic OH excluding ortho intramolecular Hbond substituents is 2. The molecule has 2 aromatic rings. The Bertz CT molecular complexity index is 1080. The van der Waals surface area contributed by atoms with Gasteiger partial charge in [0.05, 0.1) is 0 Å². The summed E-state index contributed by atoms with van der Waals surface area (Å²) in [4.78, 5) is 26.5. The van der Waals surface area contributed by atoms with Crippen LogP contribution in [0.15, 0.2) is 34.3 Å². The maximum Gasteiger partial charge on any atom is 2.00 e. The zero-order chi connectivity index (χ0) is 30.6. The Hall–Kier alpha value is -3.17. The second-order valence-corrected chi connectivity index (χ2v) is 11.9. The van der Waals surface area contributed by atoms with Crippen LogP contribution in [-0.2, 0) is 39.2 Å². The molecule has 0 bridgehead atoms. The molecule has 8 nitrogen and oxygen atoms in total. The Morgan fingerprint density at radius 1 is 0.725 bits per heavy atom. The van der Waals surface area contributed by atoms with Crippen LogP contribution in [0.4, 0.5) is 0 Å². The summed E-state index contributed by atoms with van der Waals surface area (Å²) in [6.45, 7) is 19.2. The monoisotopic (exact) mass is 599 g/mol. The summed E-state index contributed by atoms with van der Waals surface area (Å²) >= 11 is 0. The van der Waals surface area contributed by atoms with Crippen LogP contribution in [0.3, 0.4) is 0 Å². The largest absolute Gasteiger partial charge is 2.00 e. The second kappa shape index (κ2) is 17.5. The van der Waals surface area contributed by atoms with E-state index in [-0.39, 0.29) is 45.8 Å². The van der Waals surface area contributed by atoms with E-state index < -0.39 is 11.9 Å². The van der Waals surface area contributed by atoms with E-state index in [0.29, 0.717) is 11.1 Å². The van der Waals surface area contributed by atoms with E-state index in [1.54, 1.807) is 12.4 Å². The molecular weight excluding hydrogens is 555 g/mol. The van der Waals surface area contributed by atoms with Crippen LogP contribution in [-0.4, -0.2) is 41.2 Å². The van der Waals surface area contributed by atoms with Crippen molar-refractivity contribution < 1.29 is 46.8 Å². The topological polar surface area (TPSA) is 145 Å². The quantitative estimate of drug-likeness (QED) is 0.482. The summed E-state index contributed by atoms with van der Waals surface area (Å²) in [5.41, 5.74) is 5.83. The molecule has 223 valence electrons. The van der Waals surface area contributed by atoms with Crippen LogP contribution >= 0.6 is 0 Å². The molecule has 0 saturated heterocycles. The fourth-order valence-electron chi connectivity index (χ4n) is 3.72. The summed E-state index contributed by atoms with van der Waals surface area (Å²) in [6, 6.07) is 8.05. The summed E-state index contributed by atoms with van der Waals surface area (Å²) < 4.78 is 0. The van der Waals surface area contributed by atoms with Crippen molar-refractivity contribution in [3.05, 3.63) is 57.6 Å². The minimum Gasteiger partial charge on any atom is -0.550 e. The Morgan fingerprint density at radius 3 is 1.25 bits per heavy atom. The van der Waals surface area contributed by atoms with Crippen LogP contribution < -0.4 is 10.2 Å². The molecule has 0 aliphatic carbocycles. The van der Waals surface area contributed by atoms with Gasteiger partial charge in [-0.2, -0.15) is 0 Å². The molecule has 0 spiro atoms. The number of carbonyl (C=O) groups excluding carboxylic acids is 2. The molecule has 0 saturated carbocycles. The fraction of sp³-hybridized carbons (Fsp3) is 0.484. The van der Waals surface area contributed by atoms with Gasteiger partial charge in [0.2, 0.25) is 0 Å². The number of aryl methyl sites for hydroxylation is 2. The normalized spacial score (nSPS) is 11.2. The standard InChI is InChI=1S/C27H38N2O2.2C2H4O2.Co/c1-18-9-20(13-26(3,4)5)11-22(24(18)30)15-28-17-29-16-23-12-21(14-27(6,7)8)10-19(2)25(23)31;2*1-2(3)4;/h9-12,15-16,30-31H,13-14,17H2,1-8H3;2*1H3,(H,3,4);/q;;;+2/p-2. The Morgan fingerprint density at radius 2 is 1.00 bits per heavy atom. The van der Waals surface area contributed by atoms with Gasteiger partial charge in [0.1, 0.15) is 18.2 Å². The Balaban J connectivity index is 0. The molecule has 0 aliphatic heterocycles. The Labute approximate surface area is 249 Å². The van der Waals surface area contributed by atoms with Crippen molar-refractivity contribution in [3.8, 4) is 11.5 Å². The van der Waals surface area contributed by atoms with Gasteiger partial charge in [0.15, 0.2) is 0 Å². The first-order valence-corrected chi connectivity index (χ1v) is 12.7. The molecule has 0 aliphatic rings. The fourth-order valence-corrected chi connectivity index (χ4v) is 3.72. The molecule has 40 heavy (non-hydrogen) atoms. The minimum absolute atomic E-state index is 0.